The van der Waals surface area contributed by atoms with Crippen LogP contribution in [0.5, 0.6) is 0 Å². The summed E-state index contributed by atoms with van der Waals surface area (Å²) in [5.41, 5.74) is 2.72. The predicted octanol–water partition coefficient (Wildman–Crippen LogP) is 3.19. The first-order valence-corrected chi connectivity index (χ1v) is 5.64. The second-order valence-corrected chi connectivity index (χ2v) is 4.04. The molecule has 3 heteroatoms. The third kappa shape index (κ3) is 2.82. The molecule has 2 N–H and O–H groups in total. The summed E-state index contributed by atoms with van der Waals surface area (Å²) in [6, 6.07) is 13.7. The Morgan fingerprint density at radius 1 is 1.12 bits per heavy atom. The zero-order chi connectivity index (χ0) is 12.3. The van der Waals surface area contributed by atoms with E-state index in [0.29, 0.717) is 0 Å². The van der Waals surface area contributed by atoms with Crippen LogP contribution in [0.25, 0.3) is 0 Å². The van der Waals surface area contributed by atoms with Crippen molar-refractivity contribution in [2.45, 2.75) is 20.0 Å². The second-order valence-electron chi connectivity index (χ2n) is 4.04. The normalized spacial score (nSPS) is 12.2. The van der Waals surface area contributed by atoms with E-state index in [1.165, 1.54) is 0 Å². The van der Waals surface area contributed by atoms with Gasteiger partial charge in [0.2, 0.25) is 0 Å². The molecule has 17 heavy (non-hydrogen) atoms. The number of aliphatic hydroxyl groups is 1. The minimum Gasteiger partial charge on any atom is -0.389 e. The van der Waals surface area contributed by atoms with Crippen molar-refractivity contribution in [1.29, 1.82) is 0 Å². The molecule has 0 unspecified atom stereocenters. The fourth-order valence-corrected chi connectivity index (χ4v) is 1.75. The van der Waals surface area contributed by atoms with Gasteiger partial charge >= 0.3 is 0 Å². The van der Waals surface area contributed by atoms with Gasteiger partial charge in [-0.15, -0.1) is 0 Å². The summed E-state index contributed by atoms with van der Waals surface area (Å²) in [7, 11) is 0. The van der Waals surface area contributed by atoms with Crippen molar-refractivity contribution in [3.63, 3.8) is 0 Å². The molecular weight excluding hydrogens is 212 g/mol. The lowest BCUT2D eigenvalue weighted by Crippen LogP contribution is -2.00. The molecular formula is C14H16N2O. The largest absolute Gasteiger partial charge is 0.389 e. The van der Waals surface area contributed by atoms with Crippen molar-refractivity contribution in [1.82, 2.24) is 4.98 Å². The molecule has 0 amide bonds. The number of anilines is 2. The average molecular weight is 228 g/mol. The van der Waals surface area contributed by atoms with E-state index in [1.54, 1.807) is 6.92 Å². The summed E-state index contributed by atoms with van der Waals surface area (Å²) in [5.74, 6) is 0.790. The van der Waals surface area contributed by atoms with Gasteiger partial charge in [-0.1, -0.05) is 24.3 Å². The van der Waals surface area contributed by atoms with Crippen LogP contribution < -0.4 is 5.32 Å². The number of hydrogen-bond acceptors (Lipinski definition) is 3. The number of rotatable bonds is 3. The number of hydrogen-bond donors (Lipinski definition) is 2. The van der Waals surface area contributed by atoms with Crippen LogP contribution in [0.2, 0.25) is 0 Å². The zero-order valence-electron chi connectivity index (χ0n) is 10.0. The molecule has 0 radical (unpaired) electrons. The molecule has 0 spiro atoms. The molecule has 2 aromatic rings. The molecule has 2 rings (SSSR count). The number of pyridine rings is 1. The zero-order valence-corrected chi connectivity index (χ0v) is 10.0. The van der Waals surface area contributed by atoms with E-state index in [0.717, 1.165) is 22.8 Å². The van der Waals surface area contributed by atoms with Gasteiger partial charge in [0.15, 0.2) is 0 Å². The average Bonchev–Trinajstić information content (AvgIpc) is 2.30. The third-order valence-corrected chi connectivity index (χ3v) is 2.62. The summed E-state index contributed by atoms with van der Waals surface area (Å²) < 4.78 is 0. The van der Waals surface area contributed by atoms with E-state index in [1.807, 2.05) is 49.4 Å². The van der Waals surface area contributed by atoms with Gasteiger partial charge < -0.3 is 10.4 Å². The molecule has 0 bridgehead atoms. The molecule has 0 fully saturated rings. The first-order valence-electron chi connectivity index (χ1n) is 5.64. The van der Waals surface area contributed by atoms with Crippen molar-refractivity contribution in [3.8, 4) is 0 Å². The maximum atomic E-state index is 9.52. The fourth-order valence-electron chi connectivity index (χ4n) is 1.75. The molecule has 1 aromatic carbocycles. The van der Waals surface area contributed by atoms with Crippen molar-refractivity contribution >= 4 is 11.5 Å². The molecule has 0 saturated heterocycles. The second kappa shape index (κ2) is 4.97. The van der Waals surface area contributed by atoms with Gasteiger partial charge in [0.25, 0.3) is 0 Å². The Kier molecular flexibility index (Phi) is 3.40. The first kappa shape index (κ1) is 11.6. The van der Waals surface area contributed by atoms with E-state index in [2.05, 4.69) is 10.3 Å². The lowest BCUT2D eigenvalue weighted by molar-refractivity contribution is 0.198. The van der Waals surface area contributed by atoms with Gasteiger partial charge in [0.05, 0.1) is 6.10 Å². The van der Waals surface area contributed by atoms with Crippen molar-refractivity contribution < 1.29 is 5.11 Å². The van der Waals surface area contributed by atoms with Gasteiger partial charge in [-0.2, -0.15) is 0 Å². The van der Waals surface area contributed by atoms with E-state index in [9.17, 15) is 5.11 Å². The maximum absolute atomic E-state index is 9.52. The van der Waals surface area contributed by atoms with Crippen LogP contribution in [-0.4, -0.2) is 10.1 Å². The molecule has 1 aromatic heterocycles. The molecule has 0 aliphatic heterocycles. The van der Waals surface area contributed by atoms with Gasteiger partial charge in [0, 0.05) is 16.9 Å². The highest BCUT2D eigenvalue weighted by Crippen LogP contribution is 2.20. The fraction of sp³-hybridized carbons (Fsp3) is 0.214. The molecule has 1 atom stereocenters. The summed E-state index contributed by atoms with van der Waals surface area (Å²) in [6.07, 6.45) is -0.478. The number of aromatic nitrogens is 1. The Bertz CT molecular complexity index is 495. The number of para-hydroxylation sites is 1. The summed E-state index contributed by atoms with van der Waals surface area (Å²) >= 11 is 0. The number of nitrogens with one attached hydrogen (secondary N) is 1. The van der Waals surface area contributed by atoms with Crippen molar-refractivity contribution in [3.05, 3.63) is 53.7 Å². The minimum atomic E-state index is -0.478. The Balaban J connectivity index is 2.21. The molecule has 3 nitrogen and oxygen atoms in total. The molecule has 0 aliphatic rings. The minimum absolute atomic E-state index is 0.478. The highest BCUT2D eigenvalue weighted by Gasteiger charge is 2.06. The van der Waals surface area contributed by atoms with Crippen LogP contribution in [0.15, 0.2) is 42.5 Å². The summed E-state index contributed by atoms with van der Waals surface area (Å²) in [5, 5.41) is 12.7. The van der Waals surface area contributed by atoms with Crippen LogP contribution in [0.3, 0.4) is 0 Å². The topological polar surface area (TPSA) is 45.2 Å². The van der Waals surface area contributed by atoms with Crippen LogP contribution in [0.1, 0.15) is 24.3 Å². The molecule has 0 saturated carbocycles. The Labute approximate surface area is 101 Å². The van der Waals surface area contributed by atoms with Crippen LogP contribution in [-0.2, 0) is 0 Å². The smallest absolute Gasteiger partial charge is 0.130 e. The van der Waals surface area contributed by atoms with Gasteiger partial charge in [-0.25, -0.2) is 4.98 Å². The highest BCUT2D eigenvalue weighted by molar-refractivity contribution is 5.56. The lowest BCUT2D eigenvalue weighted by atomic mass is 10.1. The summed E-state index contributed by atoms with van der Waals surface area (Å²) in [6.45, 7) is 3.65. The Hall–Kier alpha value is -1.87. The van der Waals surface area contributed by atoms with Gasteiger partial charge in [0.1, 0.15) is 5.82 Å². The van der Waals surface area contributed by atoms with Gasteiger partial charge in [-0.3, -0.25) is 0 Å². The predicted molar refractivity (Wildman–Crippen MR) is 69.3 cm³/mol. The van der Waals surface area contributed by atoms with Crippen LogP contribution in [0.4, 0.5) is 11.5 Å². The SMILES string of the molecule is Cc1nc(Nc2ccccc2)ccc1[C@H](C)O. The van der Waals surface area contributed by atoms with Crippen LogP contribution in [0, 0.1) is 6.92 Å². The lowest BCUT2D eigenvalue weighted by Gasteiger charge is -2.11. The van der Waals surface area contributed by atoms with E-state index in [-0.39, 0.29) is 0 Å². The van der Waals surface area contributed by atoms with Crippen LogP contribution >= 0.6 is 0 Å². The van der Waals surface area contributed by atoms with E-state index >= 15 is 0 Å². The quantitative estimate of drug-likeness (QED) is 0.848. The number of aliphatic hydroxyl groups excluding tert-OH is 1. The first-order chi connectivity index (χ1) is 8.16. The maximum Gasteiger partial charge on any atom is 0.130 e. The van der Waals surface area contributed by atoms with Crippen molar-refractivity contribution in [2.75, 3.05) is 5.32 Å². The standard InChI is InChI=1S/C14H16N2O/c1-10-13(11(2)17)8-9-14(15-10)16-12-6-4-3-5-7-12/h3-9,11,17H,1-2H3,(H,15,16)/t11-/m0/s1. The molecule has 1 heterocycles. The third-order valence-electron chi connectivity index (χ3n) is 2.62. The Morgan fingerprint density at radius 3 is 2.41 bits per heavy atom. The molecule has 0 aliphatic carbocycles. The number of nitrogens with zero attached hydrogens (tertiary/aromatic N) is 1. The Morgan fingerprint density at radius 2 is 1.82 bits per heavy atom. The van der Waals surface area contributed by atoms with Gasteiger partial charge in [-0.05, 0) is 32.0 Å². The monoisotopic (exact) mass is 228 g/mol. The van der Waals surface area contributed by atoms with E-state index < -0.39 is 6.10 Å². The number of aryl methyl sites for hydroxylation is 1. The highest BCUT2D eigenvalue weighted by atomic mass is 16.3. The summed E-state index contributed by atoms with van der Waals surface area (Å²) in [4.78, 5) is 4.42. The van der Waals surface area contributed by atoms with Crippen molar-refractivity contribution in [2.24, 2.45) is 0 Å². The van der Waals surface area contributed by atoms with E-state index in [4.69, 9.17) is 0 Å². The molecule has 88 valence electrons. The number of benzene rings is 1.